The second kappa shape index (κ2) is 9.38. The number of hydrogen-bond donors (Lipinski definition) is 5. The molecule has 2 aliphatic heterocycles. The molecule has 0 aromatic rings. The number of aliphatic hydroxyl groups excluding tert-OH is 5. The number of carbonyl (C=O) groups is 1. The van der Waals surface area contributed by atoms with Crippen LogP contribution in [0.25, 0.3) is 0 Å². The van der Waals surface area contributed by atoms with Gasteiger partial charge in [-0.1, -0.05) is 11.6 Å². The lowest BCUT2D eigenvalue weighted by Crippen LogP contribution is -2.59. The van der Waals surface area contributed by atoms with E-state index in [-0.39, 0.29) is 12.6 Å². The Morgan fingerprint density at radius 2 is 1.83 bits per heavy atom. The number of aliphatic hydroxyl groups is 5. The zero-order valence-electron chi connectivity index (χ0n) is 16.3. The first kappa shape index (κ1) is 21.9. The molecule has 0 bridgehead atoms. The molecule has 0 amide bonds. The highest BCUT2D eigenvalue weighted by molar-refractivity contribution is 5.73. The van der Waals surface area contributed by atoms with Crippen LogP contribution in [0.3, 0.4) is 0 Å². The van der Waals surface area contributed by atoms with Gasteiger partial charge in [-0.2, -0.15) is 0 Å². The topological polar surface area (TPSA) is 146 Å². The third-order valence-corrected chi connectivity index (χ3v) is 5.44. The van der Waals surface area contributed by atoms with Gasteiger partial charge in [0.2, 0.25) is 6.29 Å². The average molecular weight is 412 g/mol. The lowest BCUT2D eigenvalue weighted by molar-refractivity contribution is -0.292. The van der Waals surface area contributed by atoms with Crippen molar-refractivity contribution in [1.82, 2.24) is 0 Å². The van der Waals surface area contributed by atoms with Crippen molar-refractivity contribution in [3.63, 3.8) is 0 Å². The van der Waals surface area contributed by atoms with E-state index in [1.807, 2.05) is 0 Å². The molecule has 9 nitrogen and oxygen atoms in total. The van der Waals surface area contributed by atoms with E-state index in [0.29, 0.717) is 49.2 Å². The summed E-state index contributed by atoms with van der Waals surface area (Å²) >= 11 is 0. The van der Waals surface area contributed by atoms with Crippen LogP contribution in [0.15, 0.2) is 34.3 Å². The minimum absolute atomic E-state index is 0.109. The molecular weight excluding hydrogens is 384 g/mol. The predicted molar refractivity (Wildman–Crippen MR) is 98.9 cm³/mol. The maximum atomic E-state index is 11.8. The van der Waals surface area contributed by atoms with Gasteiger partial charge in [0.1, 0.15) is 35.9 Å². The van der Waals surface area contributed by atoms with Gasteiger partial charge in [-0.05, 0) is 31.8 Å². The highest BCUT2D eigenvalue weighted by Crippen LogP contribution is 2.40. The van der Waals surface area contributed by atoms with Crippen molar-refractivity contribution >= 4 is 5.97 Å². The highest BCUT2D eigenvalue weighted by atomic mass is 16.7. The molecular formula is C20H28O9. The molecule has 2 heterocycles. The van der Waals surface area contributed by atoms with Crippen LogP contribution in [0, 0.1) is 0 Å². The molecule has 3 rings (SSSR count). The minimum Gasteiger partial charge on any atom is -0.466 e. The van der Waals surface area contributed by atoms with E-state index in [9.17, 15) is 30.3 Å². The van der Waals surface area contributed by atoms with Gasteiger partial charge >= 0.3 is 5.97 Å². The molecule has 29 heavy (non-hydrogen) atoms. The van der Waals surface area contributed by atoms with Crippen molar-refractivity contribution in [2.45, 2.75) is 69.7 Å². The number of ether oxygens (including phenoxy) is 3. The van der Waals surface area contributed by atoms with E-state index in [2.05, 4.69) is 0 Å². The average Bonchev–Trinajstić information content (AvgIpc) is 2.72. The van der Waals surface area contributed by atoms with Crippen molar-refractivity contribution in [2.24, 2.45) is 0 Å². The summed E-state index contributed by atoms with van der Waals surface area (Å²) in [6.45, 7) is 1.10. The Bertz CT molecular complexity index is 721. The number of allylic oxidation sites excluding steroid dienone is 4. The number of esters is 1. The van der Waals surface area contributed by atoms with Crippen LogP contribution in [0.5, 0.6) is 0 Å². The molecule has 1 saturated heterocycles. The summed E-state index contributed by atoms with van der Waals surface area (Å²) in [4.78, 5) is 11.8. The van der Waals surface area contributed by atoms with Crippen molar-refractivity contribution in [2.75, 3.05) is 13.2 Å². The third kappa shape index (κ3) is 4.71. The normalized spacial score (nSPS) is 33.5. The molecule has 0 radical (unpaired) electrons. The van der Waals surface area contributed by atoms with Gasteiger partial charge in [-0.15, -0.1) is 0 Å². The summed E-state index contributed by atoms with van der Waals surface area (Å²) in [5.74, 6) is 0.553. The van der Waals surface area contributed by atoms with Crippen LogP contribution < -0.4 is 0 Å². The molecule has 0 aromatic heterocycles. The second-order valence-electron chi connectivity index (χ2n) is 7.54. The fourth-order valence-corrected chi connectivity index (χ4v) is 3.64. The molecule has 0 saturated carbocycles. The molecule has 162 valence electrons. The molecule has 1 aliphatic carbocycles. The van der Waals surface area contributed by atoms with Crippen LogP contribution in [-0.4, -0.2) is 75.4 Å². The van der Waals surface area contributed by atoms with E-state index in [0.717, 1.165) is 11.1 Å². The van der Waals surface area contributed by atoms with E-state index in [1.165, 1.54) is 0 Å². The van der Waals surface area contributed by atoms with E-state index in [4.69, 9.17) is 14.2 Å². The molecule has 0 aromatic carbocycles. The van der Waals surface area contributed by atoms with Crippen LogP contribution in [0.4, 0.5) is 0 Å². The van der Waals surface area contributed by atoms with Crippen molar-refractivity contribution in [1.29, 1.82) is 0 Å². The zero-order valence-corrected chi connectivity index (χ0v) is 16.3. The Hall–Kier alpha value is -1.75. The monoisotopic (exact) mass is 412 g/mol. The number of rotatable bonds is 6. The Labute approximate surface area is 168 Å². The van der Waals surface area contributed by atoms with Crippen LogP contribution in [-0.2, 0) is 19.0 Å². The van der Waals surface area contributed by atoms with Crippen LogP contribution >= 0.6 is 0 Å². The van der Waals surface area contributed by atoms with Crippen LogP contribution in [0.1, 0.15) is 39.0 Å². The number of carbonyl (C=O) groups excluding carboxylic acids is 1. The first-order chi connectivity index (χ1) is 13.8. The standard InChI is InChI=1S/C20H28O9/c1-10(8-21)2-5-12-13(6-3-11-4-7-15(23)29-19(11)12)27-20-18(26)17(25)16(24)14(9-22)28-20/h2,14,16-18,20-22,24-26H,3-9H2,1H3/b10-2+/t14-,16-,17+,18-,20-/m1/s1. The van der Waals surface area contributed by atoms with Gasteiger partial charge in [-0.3, -0.25) is 4.79 Å². The Kier molecular flexibility index (Phi) is 7.10. The Balaban J connectivity index is 1.90. The summed E-state index contributed by atoms with van der Waals surface area (Å²) in [5.41, 5.74) is 2.36. The maximum Gasteiger partial charge on any atom is 0.311 e. The molecule has 3 aliphatic rings. The Morgan fingerprint density at radius 1 is 1.10 bits per heavy atom. The molecule has 1 fully saturated rings. The largest absolute Gasteiger partial charge is 0.466 e. The highest BCUT2D eigenvalue weighted by Gasteiger charge is 2.45. The first-order valence-corrected chi connectivity index (χ1v) is 9.74. The van der Waals surface area contributed by atoms with Crippen LogP contribution in [0.2, 0.25) is 0 Å². The third-order valence-electron chi connectivity index (χ3n) is 5.44. The summed E-state index contributed by atoms with van der Waals surface area (Å²) < 4.78 is 16.8. The lowest BCUT2D eigenvalue weighted by Gasteiger charge is -2.40. The van der Waals surface area contributed by atoms with E-state index >= 15 is 0 Å². The molecule has 0 spiro atoms. The van der Waals surface area contributed by atoms with Gasteiger partial charge in [-0.25, -0.2) is 0 Å². The molecule has 5 atom stereocenters. The summed E-state index contributed by atoms with van der Waals surface area (Å²) in [7, 11) is 0. The Morgan fingerprint density at radius 3 is 2.52 bits per heavy atom. The summed E-state index contributed by atoms with van der Waals surface area (Å²) in [6.07, 6.45) is -2.78. The van der Waals surface area contributed by atoms with Gasteiger partial charge in [0.15, 0.2) is 0 Å². The maximum absolute atomic E-state index is 11.8. The van der Waals surface area contributed by atoms with Crippen molar-refractivity contribution in [3.8, 4) is 0 Å². The van der Waals surface area contributed by atoms with E-state index in [1.54, 1.807) is 13.0 Å². The molecule has 9 heteroatoms. The smallest absolute Gasteiger partial charge is 0.311 e. The van der Waals surface area contributed by atoms with Crippen molar-refractivity contribution in [3.05, 3.63) is 34.3 Å². The van der Waals surface area contributed by atoms with Crippen molar-refractivity contribution < 1.29 is 44.5 Å². The predicted octanol–water partition coefficient (Wildman–Crippen LogP) is -0.229. The van der Waals surface area contributed by atoms with E-state index < -0.39 is 37.3 Å². The molecule has 0 unspecified atom stereocenters. The SMILES string of the molecule is C/C(=C\CC1=C(O[C@@H]2O[C@H](CO)[C@@H](O)[C@H](O)[C@H]2O)CCC2=C1OC(=O)CC2)CO. The van der Waals surface area contributed by atoms with Gasteiger partial charge in [0, 0.05) is 18.4 Å². The fraction of sp³-hybridized carbons (Fsp3) is 0.650. The lowest BCUT2D eigenvalue weighted by atomic mass is 9.89. The first-order valence-electron chi connectivity index (χ1n) is 9.74. The minimum atomic E-state index is -1.54. The summed E-state index contributed by atoms with van der Waals surface area (Å²) in [6, 6.07) is 0. The fourth-order valence-electron chi connectivity index (χ4n) is 3.64. The molecule has 5 N–H and O–H groups in total. The quantitative estimate of drug-likeness (QED) is 0.295. The van der Waals surface area contributed by atoms with Gasteiger partial charge in [0.25, 0.3) is 0 Å². The zero-order chi connectivity index (χ0) is 21.1. The number of hydrogen-bond acceptors (Lipinski definition) is 9. The summed E-state index contributed by atoms with van der Waals surface area (Å²) in [5, 5.41) is 48.8. The van der Waals surface area contributed by atoms with Gasteiger partial charge in [0.05, 0.1) is 13.2 Å². The second-order valence-corrected chi connectivity index (χ2v) is 7.54. The van der Waals surface area contributed by atoms with Gasteiger partial charge < -0.3 is 39.7 Å².